The van der Waals surface area contributed by atoms with Crippen molar-refractivity contribution in [2.45, 2.75) is 12.8 Å². The summed E-state index contributed by atoms with van der Waals surface area (Å²) in [4.78, 5) is 21.8. The monoisotopic (exact) mass is 257 g/mol. The Kier molecular flexibility index (Phi) is 4.78. The molecule has 3 N–H and O–H groups in total. The van der Waals surface area contributed by atoms with E-state index in [-0.39, 0.29) is 24.3 Å². The molecule has 0 aromatic heterocycles. The zero-order valence-electron chi connectivity index (χ0n) is 8.94. The summed E-state index contributed by atoms with van der Waals surface area (Å²) in [6, 6.07) is 4.17. The van der Waals surface area contributed by atoms with E-state index in [1.165, 1.54) is 18.2 Å². The number of hydrogen-bond donors (Lipinski definition) is 3. The molecule has 1 rings (SSSR count). The molecule has 1 aromatic carbocycles. The van der Waals surface area contributed by atoms with E-state index < -0.39 is 11.9 Å². The van der Waals surface area contributed by atoms with Crippen LogP contribution in [0.15, 0.2) is 18.2 Å². The predicted molar refractivity (Wildman–Crippen MR) is 62.3 cm³/mol. The Morgan fingerprint density at radius 1 is 1.35 bits per heavy atom. The zero-order valence-corrected chi connectivity index (χ0v) is 9.70. The average molecular weight is 258 g/mol. The number of benzene rings is 1. The number of carboxylic acid groups (broad SMARTS) is 1. The Labute approximate surface area is 103 Å². The summed E-state index contributed by atoms with van der Waals surface area (Å²) in [6.45, 7) is 0.243. The third kappa shape index (κ3) is 4.32. The Bertz CT molecular complexity index is 433. The Balaban J connectivity index is 2.50. The van der Waals surface area contributed by atoms with Crippen LogP contribution < -0.4 is 5.32 Å². The summed E-state index contributed by atoms with van der Waals surface area (Å²) in [6.07, 6.45) is 0.336. The van der Waals surface area contributed by atoms with Gasteiger partial charge in [-0.3, -0.25) is 9.59 Å². The minimum Gasteiger partial charge on any atom is -0.507 e. The Hall–Kier alpha value is -1.75. The van der Waals surface area contributed by atoms with Crippen molar-refractivity contribution in [2.75, 3.05) is 6.54 Å². The first-order valence-corrected chi connectivity index (χ1v) is 5.37. The standard InChI is InChI=1S/C11H12ClNO4/c12-7-3-4-8(9(14)6-7)11(17)13-5-1-2-10(15)16/h3-4,6,14H,1-2,5H2,(H,13,17)(H,15,16). The summed E-state index contributed by atoms with van der Waals surface area (Å²) in [7, 11) is 0. The molecular formula is C11H12ClNO4. The number of aromatic hydroxyl groups is 1. The van der Waals surface area contributed by atoms with Crippen molar-refractivity contribution in [3.8, 4) is 5.75 Å². The second kappa shape index (κ2) is 6.10. The van der Waals surface area contributed by atoms with Crippen molar-refractivity contribution in [2.24, 2.45) is 0 Å². The molecule has 0 bridgehead atoms. The van der Waals surface area contributed by atoms with E-state index in [0.717, 1.165) is 0 Å². The number of halogens is 1. The van der Waals surface area contributed by atoms with Crippen LogP contribution in [0.2, 0.25) is 5.02 Å². The highest BCUT2D eigenvalue weighted by atomic mass is 35.5. The fourth-order valence-corrected chi connectivity index (χ4v) is 1.40. The number of phenolic OH excluding ortho intramolecular Hbond substituents is 1. The van der Waals surface area contributed by atoms with Crippen molar-refractivity contribution >= 4 is 23.5 Å². The molecule has 0 radical (unpaired) electrons. The molecule has 0 atom stereocenters. The summed E-state index contributed by atoms with van der Waals surface area (Å²) in [5.41, 5.74) is 0.115. The van der Waals surface area contributed by atoms with E-state index in [2.05, 4.69) is 5.32 Å². The molecule has 0 fully saturated rings. The van der Waals surface area contributed by atoms with Crippen LogP contribution in [0.3, 0.4) is 0 Å². The number of hydrogen-bond acceptors (Lipinski definition) is 3. The highest BCUT2D eigenvalue weighted by Crippen LogP contribution is 2.21. The molecule has 92 valence electrons. The van der Waals surface area contributed by atoms with Crippen LogP contribution in [0.4, 0.5) is 0 Å². The predicted octanol–water partition coefficient (Wildman–Crippen LogP) is 1.64. The van der Waals surface area contributed by atoms with Gasteiger partial charge in [0.2, 0.25) is 0 Å². The Morgan fingerprint density at radius 2 is 2.06 bits per heavy atom. The first-order chi connectivity index (χ1) is 8.00. The lowest BCUT2D eigenvalue weighted by Gasteiger charge is -2.06. The molecule has 0 heterocycles. The largest absolute Gasteiger partial charge is 0.507 e. The van der Waals surface area contributed by atoms with Gasteiger partial charge in [0.25, 0.3) is 5.91 Å². The number of nitrogens with one attached hydrogen (secondary N) is 1. The molecule has 0 aliphatic rings. The smallest absolute Gasteiger partial charge is 0.303 e. The van der Waals surface area contributed by atoms with Gasteiger partial charge in [-0.2, -0.15) is 0 Å². The molecule has 1 amide bonds. The van der Waals surface area contributed by atoms with Crippen molar-refractivity contribution in [3.63, 3.8) is 0 Å². The maximum Gasteiger partial charge on any atom is 0.303 e. The maximum atomic E-state index is 11.6. The minimum atomic E-state index is -0.909. The number of phenols is 1. The first kappa shape index (κ1) is 13.3. The van der Waals surface area contributed by atoms with Crippen LogP contribution in [0.5, 0.6) is 5.75 Å². The summed E-state index contributed by atoms with van der Waals surface area (Å²) in [5.74, 6) is -1.56. The second-order valence-electron chi connectivity index (χ2n) is 3.41. The van der Waals surface area contributed by atoms with Crippen molar-refractivity contribution in [3.05, 3.63) is 28.8 Å². The van der Waals surface area contributed by atoms with Crippen LogP contribution in [0.1, 0.15) is 23.2 Å². The molecule has 0 spiro atoms. The van der Waals surface area contributed by atoms with E-state index in [9.17, 15) is 14.7 Å². The maximum absolute atomic E-state index is 11.6. The van der Waals surface area contributed by atoms with Gasteiger partial charge in [-0.05, 0) is 24.6 Å². The molecule has 1 aromatic rings. The molecule has 0 aliphatic carbocycles. The first-order valence-electron chi connectivity index (χ1n) is 4.99. The van der Waals surface area contributed by atoms with Crippen LogP contribution in [-0.4, -0.2) is 28.6 Å². The quantitative estimate of drug-likeness (QED) is 0.700. The highest BCUT2D eigenvalue weighted by molar-refractivity contribution is 6.30. The molecule has 0 saturated heterocycles. The normalized spacial score (nSPS) is 9.94. The summed E-state index contributed by atoms with van der Waals surface area (Å²) < 4.78 is 0. The summed E-state index contributed by atoms with van der Waals surface area (Å²) in [5, 5.41) is 20.7. The number of carbonyl (C=O) groups excluding carboxylic acids is 1. The fourth-order valence-electron chi connectivity index (χ4n) is 1.23. The van der Waals surface area contributed by atoms with Gasteiger partial charge in [0.15, 0.2) is 0 Å². The topological polar surface area (TPSA) is 86.6 Å². The Morgan fingerprint density at radius 3 is 2.65 bits per heavy atom. The van der Waals surface area contributed by atoms with E-state index in [1.807, 2.05) is 0 Å². The summed E-state index contributed by atoms with van der Waals surface area (Å²) >= 11 is 5.63. The van der Waals surface area contributed by atoms with Gasteiger partial charge in [0, 0.05) is 18.0 Å². The van der Waals surface area contributed by atoms with Gasteiger partial charge in [-0.25, -0.2) is 0 Å². The van der Waals surface area contributed by atoms with Gasteiger partial charge in [-0.15, -0.1) is 0 Å². The van der Waals surface area contributed by atoms with Crippen molar-refractivity contribution in [1.82, 2.24) is 5.32 Å². The van der Waals surface area contributed by atoms with Gasteiger partial charge >= 0.3 is 5.97 Å². The lowest BCUT2D eigenvalue weighted by molar-refractivity contribution is -0.137. The number of rotatable bonds is 5. The molecule has 0 aliphatic heterocycles. The number of carbonyl (C=O) groups is 2. The van der Waals surface area contributed by atoms with Gasteiger partial charge in [0.1, 0.15) is 5.75 Å². The zero-order chi connectivity index (χ0) is 12.8. The van der Waals surface area contributed by atoms with E-state index in [4.69, 9.17) is 16.7 Å². The molecule has 5 nitrogen and oxygen atoms in total. The van der Waals surface area contributed by atoms with Crippen molar-refractivity contribution in [1.29, 1.82) is 0 Å². The second-order valence-corrected chi connectivity index (χ2v) is 3.85. The highest BCUT2D eigenvalue weighted by Gasteiger charge is 2.10. The van der Waals surface area contributed by atoms with Crippen LogP contribution in [-0.2, 0) is 4.79 Å². The number of aliphatic carboxylic acids is 1. The lowest BCUT2D eigenvalue weighted by Crippen LogP contribution is -2.24. The number of amides is 1. The molecular weight excluding hydrogens is 246 g/mol. The SMILES string of the molecule is O=C(O)CCCNC(=O)c1ccc(Cl)cc1O. The molecule has 6 heteroatoms. The average Bonchev–Trinajstić information content (AvgIpc) is 2.23. The minimum absolute atomic E-state index is 0.00706. The third-order valence-corrected chi connectivity index (χ3v) is 2.29. The number of carboxylic acids is 1. The lowest BCUT2D eigenvalue weighted by atomic mass is 10.2. The van der Waals surface area contributed by atoms with Crippen molar-refractivity contribution < 1.29 is 19.8 Å². The molecule has 17 heavy (non-hydrogen) atoms. The van der Waals surface area contributed by atoms with Gasteiger partial charge in [0.05, 0.1) is 5.56 Å². The van der Waals surface area contributed by atoms with Crippen LogP contribution in [0.25, 0.3) is 0 Å². The fraction of sp³-hybridized carbons (Fsp3) is 0.273. The van der Waals surface area contributed by atoms with Gasteiger partial charge < -0.3 is 15.5 Å². The molecule has 0 saturated carbocycles. The van der Waals surface area contributed by atoms with E-state index in [0.29, 0.717) is 11.4 Å². The van der Waals surface area contributed by atoms with Crippen LogP contribution in [0, 0.1) is 0 Å². The third-order valence-electron chi connectivity index (χ3n) is 2.06. The van der Waals surface area contributed by atoms with E-state index in [1.54, 1.807) is 0 Å². The van der Waals surface area contributed by atoms with Gasteiger partial charge in [-0.1, -0.05) is 11.6 Å². The van der Waals surface area contributed by atoms with Crippen LogP contribution >= 0.6 is 11.6 Å². The molecule has 0 unspecified atom stereocenters. The van der Waals surface area contributed by atoms with E-state index >= 15 is 0 Å².